The molecule has 0 saturated heterocycles. The van der Waals surface area contributed by atoms with Crippen LogP contribution in [0.4, 0.5) is 4.39 Å². The zero-order chi connectivity index (χ0) is 12.4. The van der Waals surface area contributed by atoms with Gasteiger partial charge in [-0.3, -0.25) is 9.59 Å². The van der Waals surface area contributed by atoms with Crippen LogP contribution >= 0.6 is 0 Å². The highest BCUT2D eigenvalue weighted by Gasteiger charge is 2.25. The molecule has 0 radical (unpaired) electrons. The number of esters is 1. The first-order valence-electron chi connectivity index (χ1n) is 5.22. The van der Waals surface area contributed by atoms with Crippen LogP contribution < -0.4 is 0 Å². The predicted octanol–water partition coefficient (Wildman–Crippen LogP) is 0.883. The Labute approximate surface area is 98.0 Å². The van der Waals surface area contributed by atoms with Gasteiger partial charge in [-0.15, -0.1) is 0 Å². The Balaban J connectivity index is 2.19. The average Bonchev–Trinajstić information content (AvgIpc) is 2.30. The summed E-state index contributed by atoms with van der Waals surface area (Å²) in [4.78, 5) is 24.2. The molecule has 1 aliphatic rings. The summed E-state index contributed by atoms with van der Waals surface area (Å²) in [5.41, 5.74) is 1.56. The lowest BCUT2D eigenvalue weighted by Gasteiger charge is -2.27. The Hall–Kier alpha value is -1.91. The Morgan fingerprint density at radius 2 is 2.24 bits per heavy atom. The highest BCUT2D eigenvalue weighted by molar-refractivity contribution is 5.85. The quantitative estimate of drug-likeness (QED) is 0.717. The molecule has 2 rings (SSSR count). The number of fused-ring (bicyclic) bond motifs is 1. The van der Waals surface area contributed by atoms with Crippen LogP contribution in [0.1, 0.15) is 11.1 Å². The van der Waals surface area contributed by atoms with Crippen LogP contribution in [-0.2, 0) is 27.3 Å². The number of methoxy groups -OCH3 is 1. The number of hydrogen-bond acceptors (Lipinski definition) is 3. The Bertz CT molecular complexity index is 473. The van der Waals surface area contributed by atoms with Crippen LogP contribution in [0, 0.1) is 5.82 Å². The standard InChI is InChI=1S/C12H12FNO3/c1-17-12(16)7-14-6-9-4-10(13)3-2-8(9)5-11(14)15/h2-4H,5-7H2,1H3. The van der Waals surface area contributed by atoms with Gasteiger partial charge in [0, 0.05) is 6.54 Å². The van der Waals surface area contributed by atoms with E-state index in [9.17, 15) is 14.0 Å². The van der Waals surface area contributed by atoms with Crippen molar-refractivity contribution in [3.05, 3.63) is 35.1 Å². The van der Waals surface area contributed by atoms with Crippen molar-refractivity contribution in [1.82, 2.24) is 4.90 Å². The van der Waals surface area contributed by atoms with Crippen molar-refractivity contribution in [2.24, 2.45) is 0 Å². The van der Waals surface area contributed by atoms with Crippen molar-refractivity contribution in [2.45, 2.75) is 13.0 Å². The third kappa shape index (κ3) is 2.43. The smallest absolute Gasteiger partial charge is 0.325 e. The molecule has 1 aromatic carbocycles. The summed E-state index contributed by atoms with van der Waals surface area (Å²) >= 11 is 0. The van der Waals surface area contributed by atoms with E-state index in [2.05, 4.69) is 4.74 Å². The lowest BCUT2D eigenvalue weighted by molar-refractivity contribution is -0.147. The van der Waals surface area contributed by atoms with Gasteiger partial charge in [-0.05, 0) is 23.3 Å². The fourth-order valence-electron chi connectivity index (χ4n) is 1.85. The first kappa shape index (κ1) is 11.6. The van der Waals surface area contributed by atoms with E-state index in [1.807, 2.05) is 0 Å². The summed E-state index contributed by atoms with van der Waals surface area (Å²) in [7, 11) is 1.27. The number of nitrogens with zero attached hydrogens (tertiary/aromatic N) is 1. The van der Waals surface area contributed by atoms with Gasteiger partial charge < -0.3 is 9.64 Å². The topological polar surface area (TPSA) is 46.6 Å². The molecule has 0 unspecified atom stereocenters. The monoisotopic (exact) mass is 237 g/mol. The highest BCUT2D eigenvalue weighted by atomic mass is 19.1. The zero-order valence-electron chi connectivity index (χ0n) is 9.40. The molecule has 0 saturated carbocycles. The van der Waals surface area contributed by atoms with E-state index in [0.717, 1.165) is 11.1 Å². The second-order valence-corrected chi connectivity index (χ2v) is 3.92. The number of ether oxygens (including phenoxy) is 1. The predicted molar refractivity (Wildman–Crippen MR) is 57.5 cm³/mol. The third-order valence-electron chi connectivity index (χ3n) is 2.77. The number of benzene rings is 1. The fraction of sp³-hybridized carbons (Fsp3) is 0.333. The minimum absolute atomic E-state index is 0.0920. The summed E-state index contributed by atoms with van der Waals surface area (Å²) < 4.78 is 17.6. The van der Waals surface area contributed by atoms with Crippen LogP contribution in [0.2, 0.25) is 0 Å². The van der Waals surface area contributed by atoms with Crippen molar-refractivity contribution < 1.29 is 18.7 Å². The molecule has 1 aliphatic heterocycles. The van der Waals surface area contributed by atoms with Crippen LogP contribution in [0.15, 0.2) is 18.2 Å². The summed E-state index contributed by atoms with van der Waals surface area (Å²) in [5, 5.41) is 0. The van der Waals surface area contributed by atoms with E-state index in [0.29, 0.717) is 0 Å². The Morgan fingerprint density at radius 3 is 2.94 bits per heavy atom. The molecular formula is C12H12FNO3. The number of rotatable bonds is 2. The summed E-state index contributed by atoms with van der Waals surface area (Å²) in [5.74, 6) is -0.955. The van der Waals surface area contributed by atoms with Gasteiger partial charge in [-0.2, -0.15) is 0 Å². The lowest BCUT2D eigenvalue weighted by atomic mass is 9.99. The van der Waals surface area contributed by atoms with Gasteiger partial charge >= 0.3 is 5.97 Å². The van der Waals surface area contributed by atoms with Gasteiger partial charge in [0.2, 0.25) is 5.91 Å². The first-order chi connectivity index (χ1) is 8.10. The highest BCUT2D eigenvalue weighted by Crippen LogP contribution is 2.20. The van der Waals surface area contributed by atoms with Crippen molar-refractivity contribution >= 4 is 11.9 Å². The number of amides is 1. The summed E-state index contributed by atoms with van der Waals surface area (Å²) in [6.07, 6.45) is 0.201. The van der Waals surface area contributed by atoms with Crippen LogP contribution in [0.3, 0.4) is 0 Å². The molecule has 5 heteroatoms. The first-order valence-corrected chi connectivity index (χ1v) is 5.22. The molecule has 0 spiro atoms. The molecule has 90 valence electrons. The molecule has 0 fully saturated rings. The third-order valence-corrected chi connectivity index (χ3v) is 2.77. The SMILES string of the molecule is COC(=O)CN1Cc2cc(F)ccc2CC1=O. The minimum Gasteiger partial charge on any atom is -0.468 e. The van der Waals surface area contributed by atoms with Gasteiger partial charge in [0.15, 0.2) is 0 Å². The minimum atomic E-state index is -0.474. The van der Waals surface area contributed by atoms with Gasteiger partial charge in [-0.1, -0.05) is 6.07 Å². The van der Waals surface area contributed by atoms with Gasteiger partial charge in [0.1, 0.15) is 12.4 Å². The van der Waals surface area contributed by atoms with Crippen LogP contribution in [-0.4, -0.2) is 30.4 Å². The number of halogens is 1. The summed E-state index contributed by atoms with van der Waals surface area (Å²) in [6, 6.07) is 4.34. The maximum atomic E-state index is 13.1. The largest absolute Gasteiger partial charge is 0.468 e. The second-order valence-electron chi connectivity index (χ2n) is 3.92. The number of carbonyl (C=O) groups excluding carboxylic acids is 2. The second kappa shape index (κ2) is 4.53. The van der Waals surface area contributed by atoms with Crippen molar-refractivity contribution in [3.8, 4) is 0 Å². The average molecular weight is 237 g/mol. The van der Waals surface area contributed by atoms with E-state index in [-0.39, 0.29) is 31.2 Å². The van der Waals surface area contributed by atoms with E-state index >= 15 is 0 Å². The molecule has 0 aliphatic carbocycles. The van der Waals surface area contributed by atoms with E-state index in [4.69, 9.17) is 0 Å². The van der Waals surface area contributed by atoms with E-state index < -0.39 is 5.97 Å². The molecule has 4 nitrogen and oxygen atoms in total. The van der Waals surface area contributed by atoms with E-state index in [1.165, 1.54) is 24.1 Å². The molecule has 17 heavy (non-hydrogen) atoms. The van der Waals surface area contributed by atoms with Gasteiger partial charge in [0.25, 0.3) is 0 Å². The fourth-order valence-corrected chi connectivity index (χ4v) is 1.85. The molecule has 1 aromatic rings. The Morgan fingerprint density at radius 1 is 1.47 bits per heavy atom. The number of carbonyl (C=O) groups is 2. The van der Waals surface area contributed by atoms with Crippen molar-refractivity contribution in [1.29, 1.82) is 0 Å². The molecule has 0 bridgehead atoms. The molecule has 0 N–H and O–H groups in total. The normalized spacial score (nSPS) is 14.5. The maximum Gasteiger partial charge on any atom is 0.325 e. The van der Waals surface area contributed by atoms with Crippen molar-refractivity contribution in [3.63, 3.8) is 0 Å². The molecule has 0 atom stereocenters. The van der Waals surface area contributed by atoms with Crippen molar-refractivity contribution in [2.75, 3.05) is 13.7 Å². The molecular weight excluding hydrogens is 225 g/mol. The van der Waals surface area contributed by atoms with Gasteiger partial charge in [0.05, 0.1) is 13.5 Å². The molecule has 0 aromatic heterocycles. The van der Waals surface area contributed by atoms with E-state index in [1.54, 1.807) is 6.07 Å². The summed E-state index contributed by atoms with van der Waals surface area (Å²) in [6.45, 7) is 0.159. The lowest BCUT2D eigenvalue weighted by Crippen LogP contribution is -2.39. The number of hydrogen-bond donors (Lipinski definition) is 0. The van der Waals surface area contributed by atoms with Crippen LogP contribution in [0.25, 0.3) is 0 Å². The Kier molecular flexibility index (Phi) is 3.08. The van der Waals surface area contributed by atoms with Gasteiger partial charge in [-0.25, -0.2) is 4.39 Å². The maximum absolute atomic E-state index is 13.1. The molecule has 1 amide bonds. The molecule has 1 heterocycles. The van der Waals surface area contributed by atoms with Crippen LogP contribution in [0.5, 0.6) is 0 Å². The zero-order valence-corrected chi connectivity index (χ0v) is 9.40.